The fourth-order valence-corrected chi connectivity index (χ4v) is 4.94. The summed E-state index contributed by atoms with van der Waals surface area (Å²) >= 11 is 1.85. The number of thioether (sulfide) groups is 1. The first kappa shape index (κ1) is 23.5. The molecule has 0 bridgehead atoms. The van der Waals surface area contributed by atoms with Gasteiger partial charge < -0.3 is 19.3 Å². The quantitative estimate of drug-likeness (QED) is 0.525. The monoisotopic (exact) mass is 442 g/mol. The lowest BCUT2D eigenvalue weighted by Gasteiger charge is -2.26. The Kier molecular flexibility index (Phi) is 9.10. The van der Waals surface area contributed by atoms with Gasteiger partial charge >= 0.3 is 0 Å². The molecular weight excluding hydrogens is 408 g/mol. The van der Waals surface area contributed by atoms with E-state index < -0.39 is 0 Å². The van der Waals surface area contributed by atoms with Crippen molar-refractivity contribution in [1.29, 1.82) is 0 Å². The highest BCUT2D eigenvalue weighted by Crippen LogP contribution is 2.34. The van der Waals surface area contributed by atoms with Crippen molar-refractivity contribution in [3.8, 4) is 11.5 Å². The molecule has 0 fully saturated rings. The molecule has 0 aliphatic carbocycles. The minimum atomic E-state index is 0.224. The average molecular weight is 443 g/mol. The predicted molar refractivity (Wildman–Crippen MR) is 129 cm³/mol. The molecule has 1 heterocycles. The smallest absolute Gasteiger partial charge is 0.228 e. The van der Waals surface area contributed by atoms with E-state index in [4.69, 9.17) is 9.47 Å². The second-order valence-corrected chi connectivity index (χ2v) is 8.88. The highest BCUT2D eigenvalue weighted by Gasteiger charge is 2.21. The molecule has 0 saturated heterocycles. The Balaban J connectivity index is 1.58. The van der Waals surface area contributed by atoms with Crippen molar-refractivity contribution in [2.45, 2.75) is 37.5 Å². The molecule has 0 saturated carbocycles. The van der Waals surface area contributed by atoms with Gasteiger partial charge in [-0.1, -0.05) is 25.1 Å². The number of carbonyl (C=O) groups excluding carboxylic acids is 1. The van der Waals surface area contributed by atoms with Crippen LogP contribution in [0.15, 0.2) is 47.4 Å². The molecule has 1 aliphatic heterocycles. The van der Waals surface area contributed by atoms with Gasteiger partial charge in [0, 0.05) is 31.0 Å². The van der Waals surface area contributed by atoms with Gasteiger partial charge in [0.2, 0.25) is 5.91 Å². The largest absolute Gasteiger partial charge is 0.493 e. The number of anilines is 1. The van der Waals surface area contributed by atoms with E-state index in [1.54, 1.807) is 14.2 Å². The van der Waals surface area contributed by atoms with Crippen molar-refractivity contribution in [1.82, 2.24) is 4.90 Å². The number of methoxy groups -OCH3 is 2. The zero-order valence-electron chi connectivity index (χ0n) is 18.9. The van der Waals surface area contributed by atoms with E-state index >= 15 is 0 Å². The van der Waals surface area contributed by atoms with Crippen LogP contribution in [0.5, 0.6) is 11.5 Å². The fourth-order valence-electron chi connectivity index (χ4n) is 3.95. The number of nitrogens with zero attached hydrogens (tertiary/aromatic N) is 2. The van der Waals surface area contributed by atoms with Crippen molar-refractivity contribution >= 4 is 23.4 Å². The average Bonchev–Trinajstić information content (AvgIpc) is 3.03. The van der Waals surface area contributed by atoms with Crippen molar-refractivity contribution < 1.29 is 14.3 Å². The standard InChI is InChI=1S/C25H34N2O3S/c1-4-14-26(16-12-20-10-11-22(29-2)23(19-20)30-3)17-13-25(28)27-15-7-18-31-24-9-6-5-8-21(24)27/h5-6,8-11,19H,4,7,12-18H2,1-3H3. The summed E-state index contributed by atoms with van der Waals surface area (Å²) in [6.07, 6.45) is 3.56. The number of hydrogen-bond donors (Lipinski definition) is 0. The summed E-state index contributed by atoms with van der Waals surface area (Å²) < 4.78 is 10.8. The number of hydrogen-bond acceptors (Lipinski definition) is 5. The molecule has 168 valence electrons. The molecule has 5 nitrogen and oxygen atoms in total. The molecule has 6 heteroatoms. The molecule has 0 aromatic heterocycles. The number of fused-ring (bicyclic) bond motifs is 1. The van der Waals surface area contributed by atoms with Crippen LogP contribution >= 0.6 is 11.8 Å². The van der Waals surface area contributed by atoms with E-state index in [0.717, 1.165) is 68.4 Å². The third-order valence-corrected chi connectivity index (χ3v) is 6.74. The molecule has 0 radical (unpaired) electrons. The van der Waals surface area contributed by atoms with Gasteiger partial charge in [-0.25, -0.2) is 0 Å². The minimum Gasteiger partial charge on any atom is -0.493 e. The molecule has 0 spiro atoms. The lowest BCUT2D eigenvalue weighted by molar-refractivity contribution is -0.119. The summed E-state index contributed by atoms with van der Waals surface area (Å²) in [7, 11) is 3.31. The van der Waals surface area contributed by atoms with E-state index in [-0.39, 0.29) is 5.91 Å². The normalized spacial score (nSPS) is 13.6. The van der Waals surface area contributed by atoms with Crippen LogP contribution in [0.2, 0.25) is 0 Å². The Morgan fingerprint density at radius 1 is 1.06 bits per heavy atom. The van der Waals surface area contributed by atoms with Crippen LogP contribution in [0.3, 0.4) is 0 Å². The van der Waals surface area contributed by atoms with Gasteiger partial charge in [0.05, 0.1) is 19.9 Å². The maximum Gasteiger partial charge on any atom is 0.228 e. The molecule has 3 rings (SSSR count). The molecule has 1 aliphatic rings. The lowest BCUT2D eigenvalue weighted by atomic mass is 10.1. The molecule has 0 atom stereocenters. The Hall–Kier alpha value is -2.18. The van der Waals surface area contributed by atoms with E-state index in [9.17, 15) is 4.79 Å². The Morgan fingerprint density at radius 3 is 2.65 bits per heavy atom. The maximum absolute atomic E-state index is 13.1. The first-order valence-electron chi connectivity index (χ1n) is 11.1. The Labute approximate surface area is 190 Å². The van der Waals surface area contributed by atoms with E-state index in [2.05, 4.69) is 36.1 Å². The van der Waals surface area contributed by atoms with Crippen LogP contribution in [-0.4, -0.2) is 57.0 Å². The van der Waals surface area contributed by atoms with Crippen molar-refractivity contribution in [3.63, 3.8) is 0 Å². The van der Waals surface area contributed by atoms with Gasteiger partial charge in [-0.2, -0.15) is 0 Å². The molecule has 0 unspecified atom stereocenters. The summed E-state index contributed by atoms with van der Waals surface area (Å²) in [6.45, 7) is 5.69. The van der Waals surface area contributed by atoms with Gasteiger partial charge in [0.15, 0.2) is 11.5 Å². The molecule has 1 amide bonds. The summed E-state index contributed by atoms with van der Waals surface area (Å²) in [5.41, 5.74) is 2.28. The number of rotatable bonds is 10. The number of carbonyl (C=O) groups is 1. The lowest BCUT2D eigenvalue weighted by Crippen LogP contribution is -2.36. The van der Waals surface area contributed by atoms with Crippen molar-refractivity contribution in [2.75, 3.05) is 51.1 Å². The summed E-state index contributed by atoms with van der Waals surface area (Å²) in [6, 6.07) is 14.4. The zero-order valence-corrected chi connectivity index (χ0v) is 19.7. The summed E-state index contributed by atoms with van der Waals surface area (Å²) in [5, 5.41) is 0. The summed E-state index contributed by atoms with van der Waals surface area (Å²) in [5.74, 6) is 2.80. The minimum absolute atomic E-state index is 0.224. The molecule has 31 heavy (non-hydrogen) atoms. The van der Waals surface area contributed by atoms with E-state index in [0.29, 0.717) is 6.42 Å². The highest BCUT2D eigenvalue weighted by molar-refractivity contribution is 7.99. The molecule has 2 aromatic rings. The number of para-hydroxylation sites is 1. The van der Waals surface area contributed by atoms with Gasteiger partial charge in [-0.05, 0) is 61.4 Å². The van der Waals surface area contributed by atoms with Crippen LogP contribution < -0.4 is 14.4 Å². The summed E-state index contributed by atoms with van der Waals surface area (Å²) in [4.78, 5) is 18.7. The second kappa shape index (κ2) is 12.0. The SMILES string of the molecule is CCCN(CCC(=O)N1CCCSc2ccccc21)CCc1ccc(OC)c(OC)c1. The number of benzene rings is 2. The number of amides is 1. The van der Waals surface area contributed by atoms with Gasteiger partial charge in [0.1, 0.15) is 0 Å². The Bertz CT molecular complexity index is 858. The second-order valence-electron chi connectivity index (χ2n) is 7.75. The van der Waals surface area contributed by atoms with Crippen molar-refractivity contribution in [2.24, 2.45) is 0 Å². The van der Waals surface area contributed by atoms with Crippen LogP contribution in [0.25, 0.3) is 0 Å². The van der Waals surface area contributed by atoms with Crippen molar-refractivity contribution in [3.05, 3.63) is 48.0 Å². The van der Waals surface area contributed by atoms with Crippen LogP contribution in [0.1, 0.15) is 31.7 Å². The number of ether oxygens (including phenoxy) is 2. The first-order valence-corrected chi connectivity index (χ1v) is 12.1. The van der Waals surface area contributed by atoms with Gasteiger partial charge in [0.25, 0.3) is 0 Å². The Morgan fingerprint density at radius 2 is 1.87 bits per heavy atom. The third-order valence-electron chi connectivity index (χ3n) is 5.59. The fraction of sp³-hybridized carbons (Fsp3) is 0.480. The topological polar surface area (TPSA) is 42.0 Å². The molecule has 2 aromatic carbocycles. The van der Waals surface area contributed by atoms with E-state index in [1.165, 1.54) is 10.5 Å². The van der Waals surface area contributed by atoms with Crippen LogP contribution in [-0.2, 0) is 11.2 Å². The van der Waals surface area contributed by atoms with Gasteiger partial charge in [-0.15, -0.1) is 11.8 Å². The molecule has 0 N–H and O–H groups in total. The first-order chi connectivity index (χ1) is 15.2. The molecular formula is C25H34N2O3S. The zero-order chi connectivity index (χ0) is 22.1. The third kappa shape index (κ3) is 6.40. The highest BCUT2D eigenvalue weighted by atomic mass is 32.2. The predicted octanol–water partition coefficient (Wildman–Crippen LogP) is 4.88. The van der Waals surface area contributed by atoms with Crippen LogP contribution in [0.4, 0.5) is 5.69 Å². The van der Waals surface area contributed by atoms with E-state index in [1.807, 2.05) is 34.9 Å². The maximum atomic E-state index is 13.1. The van der Waals surface area contributed by atoms with Gasteiger partial charge in [-0.3, -0.25) is 4.79 Å². The van der Waals surface area contributed by atoms with Crippen LogP contribution in [0, 0.1) is 0 Å².